The van der Waals surface area contributed by atoms with Gasteiger partial charge in [0, 0.05) is 19.2 Å². The number of hydrogen-bond donors (Lipinski definition) is 1. The Bertz CT molecular complexity index is 208. The monoisotopic (exact) mass is 179 g/mol. The van der Waals surface area contributed by atoms with Gasteiger partial charge in [0.15, 0.2) is 0 Å². The van der Waals surface area contributed by atoms with Gasteiger partial charge < -0.3 is 10.0 Å². The fourth-order valence-corrected chi connectivity index (χ4v) is 1.48. The van der Waals surface area contributed by atoms with Crippen LogP contribution in [-0.4, -0.2) is 29.2 Å². The molecule has 0 saturated carbocycles. The minimum Gasteiger partial charge on any atom is -0.396 e. The molecule has 0 radical (unpaired) electrons. The molecule has 1 rings (SSSR count). The van der Waals surface area contributed by atoms with Gasteiger partial charge in [-0.25, -0.2) is 0 Å². The lowest BCUT2D eigenvalue weighted by Crippen LogP contribution is -2.30. The summed E-state index contributed by atoms with van der Waals surface area (Å²) in [4.78, 5) is 2.22. The number of nitrogens with zero attached hydrogens (tertiary/aromatic N) is 1. The second kappa shape index (κ2) is 5.60. The SMILES string of the molecule is C=CCN1C=CC=CC1CCCO. The second-order valence-electron chi connectivity index (χ2n) is 3.15. The topological polar surface area (TPSA) is 23.5 Å². The number of rotatable bonds is 5. The third kappa shape index (κ3) is 3.07. The van der Waals surface area contributed by atoms with Crippen molar-refractivity contribution in [2.75, 3.05) is 13.2 Å². The van der Waals surface area contributed by atoms with Crippen LogP contribution < -0.4 is 0 Å². The lowest BCUT2D eigenvalue weighted by Gasteiger charge is -2.29. The Labute approximate surface area is 79.9 Å². The zero-order valence-corrected chi connectivity index (χ0v) is 7.89. The predicted octanol–water partition coefficient (Wildman–Crippen LogP) is 1.70. The van der Waals surface area contributed by atoms with E-state index in [2.05, 4.69) is 29.8 Å². The Balaban J connectivity index is 2.44. The molecule has 2 nitrogen and oxygen atoms in total. The van der Waals surface area contributed by atoms with Crippen LogP contribution in [-0.2, 0) is 0 Å². The van der Waals surface area contributed by atoms with Crippen LogP contribution >= 0.6 is 0 Å². The Hall–Kier alpha value is -1.02. The second-order valence-corrected chi connectivity index (χ2v) is 3.15. The molecule has 0 saturated heterocycles. The van der Waals surface area contributed by atoms with Crippen LogP contribution in [0.25, 0.3) is 0 Å². The zero-order chi connectivity index (χ0) is 9.52. The molecule has 1 unspecified atom stereocenters. The molecule has 1 heterocycles. The molecule has 1 atom stereocenters. The van der Waals surface area contributed by atoms with Gasteiger partial charge in [-0.15, -0.1) is 6.58 Å². The van der Waals surface area contributed by atoms with E-state index in [-0.39, 0.29) is 6.61 Å². The van der Waals surface area contributed by atoms with Crippen LogP contribution in [0.15, 0.2) is 37.1 Å². The summed E-state index contributed by atoms with van der Waals surface area (Å²) < 4.78 is 0. The van der Waals surface area contributed by atoms with Gasteiger partial charge in [0.1, 0.15) is 0 Å². The average Bonchev–Trinajstić information content (AvgIpc) is 2.17. The Morgan fingerprint density at radius 1 is 1.46 bits per heavy atom. The van der Waals surface area contributed by atoms with Crippen molar-refractivity contribution in [3.05, 3.63) is 37.1 Å². The quantitative estimate of drug-likeness (QED) is 0.649. The van der Waals surface area contributed by atoms with Crippen LogP contribution in [0.3, 0.4) is 0 Å². The van der Waals surface area contributed by atoms with Crippen molar-refractivity contribution >= 4 is 0 Å². The molecule has 72 valence electrons. The maximum absolute atomic E-state index is 8.73. The molecule has 0 aliphatic carbocycles. The van der Waals surface area contributed by atoms with E-state index in [0.29, 0.717) is 6.04 Å². The largest absolute Gasteiger partial charge is 0.396 e. The van der Waals surface area contributed by atoms with Gasteiger partial charge >= 0.3 is 0 Å². The summed E-state index contributed by atoms with van der Waals surface area (Å²) in [6.45, 7) is 4.87. The van der Waals surface area contributed by atoms with Crippen molar-refractivity contribution < 1.29 is 5.11 Å². The van der Waals surface area contributed by atoms with Gasteiger partial charge in [-0.05, 0) is 25.1 Å². The predicted molar refractivity (Wildman–Crippen MR) is 55.3 cm³/mol. The standard InChI is InChI=1S/C11H17NO/c1-2-8-12-9-4-3-6-11(12)7-5-10-13/h2-4,6,9,11,13H,1,5,7-8,10H2. The molecule has 0 aromatic carbocycles. The zero-order valence-electron chi connectivity index (χ0n) is 7.89. The molecule has 1 aliphatic rings. The molecule has 0 amide bonds. The number of allylic oxidation sites excluding steroid dienone is 2. The van der Waals surface area contributed by atoms with Gasteiger partial charge in [-0.2, -0.15) is 0 Å². The van der Waals surface area contributed by atoms with Crippen molar-refractivity contribution in [1.82, 2.24) is 4.90 Å². The summed E-state index contributed by atoms with van der Waals surface area (Å²) in [6.07, 6.45) is 12.1. The third-order valence-electron chi connectivity index (χ3n) is 2.15. The van der Waals surface area contributed by atoms with Crippen LogP contribution in [0.1, 0.15) is 12.8 Å². The summed E-state index contributed by atoms with van der Waals surface area (Å²) >= 11 is 0. The van der Waals surface area contributed by atoms with E-state index in [1.807, 2.05) is 12.2 Å². The molecule has 0 spiro atoms. The number of aliphatic hydroxyl groups excluding tert-OH is 1. The molecule has 0 aromatic heterocycles. The summed E-state index contributed by atoms with van der Waals surface area (Å²) in [5, 5.41) is 8.73. The Kier molecular flexibility index (Phi) is 4.33. The van der Waals surface area contributed by atoms with E-state index in [4.69, 9.17) is 5.11 Å². The molecule has 1 N–H and O–H groups in total. The molecule has 0 aromatic rings. The van der Waals surface area contributed by atoms with Gasteiger partial charge in [-0.3, -0.25) is 0 Å². The molecule has 13 heavy (non-hydrogen) atoms. The van der Waals surface area contributed by atoms with Gasteiger partial charge in [-0.1, -0.05) is 18.2 Å². The number of aliphatic hydroxyl groups is 1. The average molecular weight is 179 g/mol. The first-order valence-corrected chi connectivity index (χ1v) is 4.71. The minimum absolute atomic E-state index is 0.274. The first-order chi connectivity index (χ1) is 6.38. The van der Waals surface area contributed by atoms with E-state index >= 15 is 0 Å². The van der Waals surface area contributed by atoms with E-state index in [1.165, 1.54) is 0 Å². The highest BCUT2D eigenvalue weighted by molar-refractivity contribution is 5.13. The van der Waals surface area contributed by atoms with E-state index < -0.39 is 0 Å². The van der Waals surface area contributed by atoms with Crippen LogP contribution in [0.2, 0.25) is 0 Å². The normalized spacial score (nSPS) is 20.7. The minimum atomic E-state index is 0.274. The van der Waals surface area contributed by atoms with Crippen LogP contribution in [0.4, 0.5) is 0 Å². The van der Waals surface area contributed by atoms with E-state index in [9.17, 15) is 0 Å². The van der Waals surface area contributed by atoms with E-state index in [1.54, 1.807) is 0 Å². The van der Waals surface area contributed by atoms with Crippen LogP contribution in [0.5, 0.6) is 0 Å². The van der Waals surface area contributed by atoms with Crippen molar-refractivity contribution in [3.63, 3.8) is 0 Å². The first-order valence-electron chi connectivity index (χ1n) is 4.71. The smallest absolute Gasteiger partial charge is 0.0474 e. The summed E-state index contributed by atoms with van der Waals surface area (Å²) in [5.74, 6) is 0. The Morgan fingerprint density at radius 3 is 3.00 bits per heavy atom. The molecule has 0 fully saturated rings. The van der Waals surface area contributed by atoms with Crippen molar-refractivity contribution in [3.8, 4) is 0 Å². The molecule has 1 aliphatic heterocycles. The van der Waals surface area contributed by atoms with Crippen molar-refractivity contribution in [2.24, 2.45) is 0 Å². The molecular formula is C11H17NO. The summed E-state index contributed by atoms with van der Waals surface area (Å²) in [5.41, 5.74) is 0. The maximum atomic E-state index is 8.73. The lowest BCUT2D eigenvalue weighted by atomic mass is 10.1. The molecular weight excluding hydrogens is 162 g/mol. The highest BCUT2D eigenvalue weighted by Crippen LogP contribution is 2.13. The summed E-state index contributed by atoms with van der Waals surface area (Å²) in [6, 6.07) is 0.426. The molecule has 0 bridgehead atoms. The summed E-state index contributed by atoms with van der Waals surface area (Å²) in [7, 11) is 0. The highest BCUT2D eigenvalue weighted by Gasteiger charge is 2.11. The third-order valence-corrected chi connectivity index (χ3v) is 2.15. The highest BCUT2D eigenvalue weighted by atomic mass is 16.2. The van der Waals surface area contributed by atoms with Gasteiger partial charge in [0.2, 0.25) is 0 Å². The van der Waals surface area contributed by atoms with Crippen LogP contribution in [0, 0.1) is 0 Å². The maximum Gasteiger partial charge on any atom is 0.0474 e. The van der Waals surface area contributed by atoms with Crippen molar-refractivity contribution in [2.45, 2.75) is 18.9 Å². The van der Waals surface area contributed by atoms with Crippen molar-refractivity contribution in [1.29, 1.82) is 0 Å². The number of hydrogen-bond acceptors (Lipinski definition) is 2. The van der Waals surface area contributed by atoms with Gasteiger partial charge in [0.05, 0.1) is 0 Å². The first kappa shape index (κ1) is 10.1. The fraction of sp³-hybridized carbons (Fsp3) is 0.455. The lowest BCUT2D eigenvalue weighted by molar-refractivity contribution is 0.256. The van der Waals surface area contributed by atoms with E-state index in [0.717, 1.165) is 19.4 Å². The molecule has 2 heteroatoms. The fourth-order valence-electron chi connectivity index (χ4n) is 1.48. The van der Waals surface area contributed by atoms with Gasteiger partial charge in [0.25, 0.3) is 0 Å². The Morgan fingerprint density at radius 2 is 2.31 bits per heavy atom.